The van der Waals surface area contributed by atoms with Crippen LogP contribution in [0.15, 0.2) is 53.3 Å². The number of para-hydroxylation sites is 1. The van der Waals surface area contributed by atoms with Crippen LogP contribution in [-0.2, 0) is 11.2 Å². The number of nitrogens with one attached hydrogen (secondary N) is 2. The molecule has 9 heteroatoms. The van der Waals surface area contributed by atoms with Gasteiger partial charge in [-0.05, 0) is 49.2 Å². The van der Waals surface area contributed by atoms with Crippen molar-refractivity contribution in [2.24, 2.45) is 0 Å². The SMILES string of the molecule is O=C(CCCc1nc2ccccc2c(=O)[nH]1)N1CCCN(C(=O)Nc2ccc(Cl)cc2)CC1. The molecule has 1 aromatic heterocycles. The lowest BCUT2D eigenvalue weighted by atomic mass is 10.2. The van der Waals surface area contributed by atoms with Crippen molar-refractivity contribution in [3.8, 4) is 0 Å². The smallest absolute Gasteiger partial charge is 0.321 e. The van der Waals surface area contributed by atoms with Crippen LogP contribution in [0.2, 0.25) is 5.02 Å². The fourth-order valence-electron chi connectivity index (χ4n) is 3.92. The first-order chi connectivity index (χ1) is 16.0. The molecule has 0 unspecified atom stereocenters. The third-order valence-corrected chi connectivity index (χ3v) is 5.95. The standard InChI is InChI=1S/C24H26ClN5O3/c25-17-9-11-18(12-10-17)26-24(33)30-14-4-13-29(15-16-30)22(31)8-3-7-21-27-20-6-2-1-5-19(20)23(32)28-21/h1-2,5-6,9-12H,3-4,7-8,13-16H2,(H,26,33)(H,27,28,32). The molecule has 3 aromatic rings. The molecule has 0 saturated carbocycles. The van der Waals surface area contributed by atoms with E-state index in [0.717, 1.165) is 6.42 Å². The van der Waals surface area contributed by atoms with E-state index in [0.29, 0.717) is 72.9 Å². The number of aryl methyl sites for hydroxylation is 1. The molecule has 1 saturated heterocycles. The molecule has 8 nitrogen and oxygen atoms in total. The minimum atomic E-state index is -0.182. The number of aromatic amines is 1. The molecule has 4 rings (SSSR count). The predicted molar refractivity (Wildman–Crippen MR) is 129 cm³/mol. The molecule has 1 aliphatic heterocycles. The minimum Gasteiger partial charge on any atom is -0.341 e. The molecule has 1 fully saturated rings. The van der Waals surface area contributed by atoms with Crippen molar-refractivity contribution in [3.63, 3.8) is 0 Å². The third kappa shape index (κ3) is 5.90. The van der Waals surface area contributed by atoms with Crippen LogP contribution in [0.3, 0.4) is 0 Å². The maximum atomic E-state index is 12.7. The molecule has 0 spiro atoms. The van der Waals surface area contributed by atoms with Crippen molar-refractivity contribution in [3.05, 3.63) is 69.7 Å². The first-order valence-corrected chi connectivity index (χ1v) is 11.4. The summed E-state index contributed by atoms with van der Waals surface area (Å²) in [5.41, 5.74) is 1.18. The number of benzene rings is 2. The van der Waals surface area contributed by atoms with E-state index in [1.54, 1.807) is 41.3 Å². The third-order valence-electron chi connectivity index (χ3n) is 5.70. The summed E-state index contributed by atoms with van der Waals surface area (Å²) in [5.74, 6) is 0.644. The molecule has 2 aromatic carbocycles. The Hall–Kier alpha value is -3.39. The second-order valence-corrected chi connectivity index (χ2v) is 8.48. The van der Waals surface area contributed by atoms with E-state index >= 15 is 0 Å². The van der Waals surface area contributed by atoms with E-state index in [1.807, 2.05) is 17.0 Å². The van der Waals surface area contributed by atoms with Gasteiger partial charge in [0.15, 0.2) is 0 Å². The Morgan fingerprint density at radius 2 is 1.73 bits per heavy atom. The van der Waals surface area contributed by atoms with E-state index in [1.165, 1.54) is 0 Å². The Balaban J connectivity index is 1.26. The van der Waals surface area contributed by atoms with Gasteiger partial charge in [-0.15, -0.1) is 0 Å². The van der Waals surface area contributed by atoms with Gasteiger partial charge in [-0.25, -0.2) is 9.78 Å². The lowest BCUT2D eigenvalue weighted by Crippen LogP contribution is -2.39. The molecule has 0 aliphatic carbocycles. The molecule has 2 heterocycles. The number of nitrogens with zero attached hydrogens (tertiary/aromatic N) is 3. The summed E-state index contributed by atoms with van der Waals surface area (Å²) in [6, 6.07) is 14.0. The average molecular weight is 468 g/mol. The molecule has 33 heavy (non-hydrogen) atoms. The van der Waals surface area contributed by atoms with E-state index in [9.17, 15) is 14.4 Å². The number of hydrogen-bond acceptors (Lipinski definition) is 4. The summed E-state index contributed by atoms with van der Waals surface area (Å²) in [4.78, 5) is 48.3. The first kappa shape index (κ1) is 22.8. The molecule has 0 atom stereocenters. The lowest BCUT2D eigenvalue weighted by molar-refractivity contribution is -0.131. The molecule has 2 N–H and O–H groups in total. The number of hydrogen-bond donors (Lipinski definition) is 2. The van der Waals surface area contributed by atoms with Crippen molar-refractivity contribution in [1.29, 1.82) is 0 Å². The number of H-pyrrole nitrogens is 1. The molecule has 3 amide bonds. The Morgan fingerprint density at radius 3 is 2.55 bits per heavy atom. The predicted octanol–water partition coefficient (Wildman–Crippen LogP) is 3.67. The van der Waals surface area contributed by atoms with Gasteiger partial charge in [-0.2, -0.15) is 0 Å². The number of amides is 3. The largest absolute Gasteiger partial charge is 0.341 e. The highest BCUT2D eigenvalue weighted by Crippen LogP contribution is 2.15. The number of fused-ring (bicyclic) bond motifs is 1. The monoisotopic (exact) mass is 467 g/mol. The maximum absolute atomic E-state index is 12.7. The second kappa shape index (κ2) is 10.5. The fraction of sp³-hybridized carbons (Fsp3) is 0.333. The number of aromatic nitrogens is 2. The molecule has 0 bridgehead atoms. The Kier molecular flexibility index (Phi) is 7.24. The zero-order chi connectivity index (χ0) is 23.2. The van der Waals surface area contributed by atoms with Crippen molar-refractivity contribution < 1.29 is 9.59 Å². The number of urea groups is 1. The van der Waals surface area contributed by atoms with Crippen LogP contribution in [0.4, 0.5) is 10.5 Å². The van der Waals surface area contributed by atoms with Gasteiger partial charge in [-0.1, -0.05) is 23.7 Å². The quantitative estimate of drug-likeness (QED) is 0.598. The highest BCUT2D eigenvalue weighted by atomic mass is 35.5. The van der Waals surface area contributed by atoms with Gasteiger partial charge in [0.2, 0.25) is 5.91 Å². The number of carbonyl (C=O) groups excluding carboxylic acids is 2. The molecule has 172 valence electrons. The second-order valence-electron chi connectivity index (χ2n) is 8.04. The minimum absolute atomic E-state index is 0.0538. The van der Waals surface area contributed by atoms with Crippen LogP contribution in [0, 0.1) is 0 Å². The molecular weight excluding hydrogens is 442 g/mol. The number of rotatable bonds is 5. The van der Waals surface area contributed by atoms with E-state index < -0.39 is 0 Å². The zero-order valence-electron chi connectivity index (χ0n) is 18.2. The van der Waals surface area contributed by atoms with Gasteiger partial charge < -0.3 is 20.1 Å². The van der Waals surface area contributed by atoms with Crippen LogP contribution < -0.4 is 10.9 Å². The average Bonchev–Trinajstić information content (AvgIpc) is 3.07. The summed E-state index contributed by atoms with van der Waals surface area (Å²) < 4.78 is 0. The Bertz CT molecular complexity index is 1190. The van der Waals surface area contributed by atoms with Crippen molar-refractivity contribution in [1.82, 2.24) is 19.8 Å². The lowest BCUT2D eigenvalue weighted by Gasteiger charge is -2.22. The fourth-order valence-corrected chi connectivity index (χ4v) is 4.05. The van der Waals surface area contributed by atoms with Crippen LogP contribution in [0.1, 0.15) is 25.1 Å². The van der Waals surface area contributed by atoms with Gasteiger partial charge in [0, 0.05) is 49.7 Å². The van der Waals surface area contributed by atoms with Gasteiger partial charge >= 0.3 is 6.03 Å². The Morgan fingerprint density at radius 1 is 1.00 bits per heavy atom. The molecular formula is C24H26ClN5O3. The van der Waals surface area contributed by atoms with Crippen LogP contribution in [-0.4, -0.2) is 57.9 Å². The van der Waals surface area contributed by atoms with Crippen LogP contribution >= 0.6 is 11.6 Å². The molecule has 0 radical (unpaired) electrons. The summed E-state index contributed by atoms with van der Waals surface area (Å²) in [6.45, 7) is 2.18. The maximum Gasteiger partial charge on any atom is 0.321 e. The normalized spacial score (nSPS) is 14.2. The van der Waals surface area contributed by atoms with Crippen LogP contribution in [0.25, 0.3) is 10.9 Å². The Labute approximate surface area is 196 Å². The summed E-state index contributed by atoms with van der Waals surface area (Å²) in [5, 5.41) is 4.04. The number of anilines is 1. The van der Waals surface area contributed by atoms with Crippen molar-refractivity contribution in [2.45, 2.75) is 25.7 Å². The van der Waals surface area contributed by atoms with Gasteiger partial charge in [-0.3, -0.25) is 9.59 Å². The molecule has 1 aliphatic rings. The number of halogens is 1. The van der Waals surface area contributed by atoms with E-state index in [2.05, 4.69) is 15.3 Å². The summed E-state index contributed by atoms with van der Waals surface area (Å²) in [7, 11) is 0. The van der Waals surface area contributed by atoms with Gasteiger partial charge in [0.05, 0.1) is 10.9 Å². The first-order valence-electron chi connectivity index (χ1n) is 11.1. The topological polar surface area (TPSA) is 98.4 Å². The van der Waals surface area contributed by atoms with Gasteiger partial charge in [0.25, 0.3) is 5.56 Å². The van der Waals surface area contributed by atoms with Gasteiger partial charge in [0.1, 0.15) is 5.82 Å². The van der Waals surface area contributed by atoms with Crippen molar-refractivity contribution in [2.75, 3.05) is 31.5 Å². The number of carbonyl (C=O) groups is 2. The van der Waals surface area contributed by atoms with E-state index in [4.69, 9.17) is 11.6 Å². The van der Waals surface area contributed by atoms with E-state index in [-0.39, 0.29) is 17.5 Å². The highest BCUT2D eigenvalue weighted by molar-refractivity contribution is 6.30. The zero-order valence-corrected chi connectivity index (χ0v) is 19.0. The van der Waals surface area contributed by atoms with Crippen LogP contribution in [0.5, 0.6) is 0 Å². The summed E-state index contributed by atoms with van der Waals surface area (Å²) in [6.07, 6.45) is 2.21. The summed E-state index contributed by atoms with van der Waals surface area (Å²) >= 11 is 5.89. The highest BCUT2D eigenvalue weighted by Gasteiger charge is 2.22. The van der Waals surface area contributed by atoms with Crippen molar-refractivity contribution >= 4 is 40.1 Å².